The topological polar surface area (TPSA) is 55.4 Å². The summed E-state index contributed by atoms with van der Waals surface area (Å²) in [5.41, 5.74) is 1.04. The third kappa shape index (κ3) is 4.31. The molecule has 0 amide bonds. The Morgan fingerprint density at radius 3 is 2.61 bits per heavy atom. The number of hydrogen-bond donors (Lipinski definition) is 1. The van der Waals surface area contributed by atoms with Crippen LogP contribution in [0.2, 0.25) is 0 Å². The third-order valence-corrected chi connectivity index (χ3v) is 4.61. The Bertz CT molecular complexity index is 471. The molecule has 0 aliphatic carbocycles. The van der Waals surface area contributed by atoms with Crippen LogP contribution in [-0.4, -0.2) is 33.6 Å². The lowest BCUT2D eigenvalue weighted by Crippen LogP contribution is -2.26. The molecule has 5 heteroatoms. The van der Waals surface area contributed by atoms with Gasteiger partial charge in [-0.25, -0.2) is 8.42 Å². The van der Waals surface area contributed by atoms with Gasteiger partial charge in [0.25, 0.3) is 0 Å². The van der Waals surface area contributed by atoms with Gasteiger partial charge in [-0.3, -0.25) is 0 Å². The van der Waals surface area contributed by atoms with Gasteiger partial charge in [0.05, 0.1) is 12.9 Å². The highest BCUT2D eigenvalue weighted by Gasteiger charge is 2.12. The van der Waals surface area contributed by atoms with E-state index in [1.807, 2.05) is 31.2 Å². The zero-order chi connectivity index (χ0) is 13.6. The summed E-state index contributed by atoms with van der Waals surface area (Å²) < 4.78 is 28.0. The minimum Gasteiger partial charge on any atom is -0.496 e. The molecule has 1 aromatic carbocycles. The van der Waals surface area contributed by atoms with Gasteiger partial charge in [0.1, 0.15) is 5.75 Å². The summed E-state index contributed by atoms with van der Waals surface area (Å²) in [4.78, 5) is 0. The molecule has 0 heterocycles. The van der Waals surface area contributed by atoms with Gasteiger partial charge in [-0.15, -0.1) is 0 Å². The van der Waals surface area contributed by atoms with Gasteiger partial charge in [-0.1, -0.05) is 25.1 Å². The summed E-state index contributed by atoms with van der Waals surface area (Å²) in [6.07, 6.45) is 0. The largest absolute Gasteiger partial charge is 0.496 e. The van der Waals surface area contributed by atoms with Crippen LogP contribution in [0, 0.1) is 0 Å². The van der Waals surface area contributed by atoms with Crippen LogP contribution in [0.3, 0.4) is 0 Å². The smallest absolute Gasteiger partial charge is 0.151 e. The Kier molecular flexibility index (Phi) is 5.62. The summed E-state index contributed by atoms with van der Waals surface area (Å²) in [5.74, 6) is 1.18. The van der Waals surface area contributed by atoms with E-state index in [9.17, 15) is 8.42 Å². The second-order valence-electron chi connectivity index (χ2n) is 4.15. The quantitative estimate of drug-likeness (QED) is 0.821. The first-order valence-electron chi connectivity index (χ1n) is 6.07. The number of rotatable bonds is 7. The van der Waals surface area contributed by atoms with Gasteiger partial charge in [-0.05, 0) is 13.0 Å². The lowest BCUT2D eigenvalue weighted by Gasteiger charge is -2.17. The first-order chi connectivity index (χ1) is 8.50. The second kappa shape index (κ2) is 6.75. The molecule has 102 valence electrons. The molecule has 0 saturated carbocycles. The zero-order valence-corrected chi connectivity index (χ0v) is 12.0. The molecule has 18 heavy (non-hydrogen) atoms. The van der Waals surface area contributed by atoms with Crippen molar-refractivity contribution in [1.29, 1.82) is 0 Å². The van der Waals surface area contributed by atoms with E-state index in [2.05, 4.69) is 5.32 Å². The van der Waals surface area contributed by atoms with Gasteiger partial charge < -0.3 is 10.1 Å². The number of nitrogens with one attached hydrogen (secondary N) is 1. The molecule has 1 rings (SSSR count). The normalized spacial score (nSPS) is 13.3. The molecule has 4 nitrogen and oxygen atoms in total. The van der Waals surface area contributed by atoms with Crippen LogP contribution in [-0.2, 0) is 9.84 Å². The van der Waals surface area contributed by atoms with Crippen molar-refractivity contribution in [3.63, 3.8) is 0 Å². The van der Waals surface area contributed by atoms with Crippen molar-refractivity contribution in [3.05, 3.63) is 29.8 Å². The minimum absolute atomic E-state index is 0.0632. The van der Waals surface area contributed by atoms with E-state index < -0.39 is 9.84 Å². The molecule has 0 bridgehead atoms. The monoisotopic (exact) mass is 271 g/mol. The van der Waals surface area contributed by atoms with Crippen LogP contribution >= 0.6 is 0 Å². The van der Waals surface area contributed by atoms with E-state index in [1.165, 1.54) is 0 Å². The second-order valence-corrected chi connectivity index (χ2v) is 6.63. The van der Waals surface area contributed by atoms with E-state index in [0.717, 1.165) is 11.3 Å². The van der Waals surface area contributed by atoms with Gasteiger partial charge in [0.2, 0.25) is 0 Å². The Balaban J connectivity index is 2.58. The molecule has 0 saturated heterocycles. The van der Waals surface area contributed by atoms with Gasteiger partial charge in [0, 0.05) is 23.9 Å². The van der Waals surface area contributed by atoms with Crippen molar-refractivity contribution in [2.45, 2.75) is 19.9 Å². The minimum atomic E-state index is -2.91. The maximum absolute atomic E-state index is 11.4. The molecule has 0 unspecified atom stereocenters. The fraction of sp³-hybridized carbons (Fsp3) is 0.538. The lowest BCUT2D eigenvalue weighted by molar-refractivity contribution is 0.402. The highest BCUT2D eigenvalue weighted by molar-refractivity contribution is 7.91. The zero-order valence-electron chi connectivity index (χ0n) is 11.1. The van der Waals surface area contributed by atoms with E-state index in [-0.39, 0.29) is 17.5 Å². The summed E-state index contributed by atoms with van der Waals surface area (Å²) >= 11 is 0. The standard InChI is InChI=1S/C13H21NO3S/c1-4-18(15,16)10-9-14-11(2)12-7-5-6-8-13(12)17-3/h5-8,11,14H,4,9-10H2,1-3H3/t11-/m1/s1. The lowest BCUT2D eigenvalue weighted by atomic mass is 10.1. The van der Waals surface area contributed by atoms with E-state index in [1.54, 1.807) is 14.0 Å². The summed E-state index contributed by atoms with van der Waals surface area (Å²) in [6, 6.07) is 7.80. The number of sulfone groups is 1. The third-order valence-electron chi connectivity index (χ3n) is 2.91. The van der Waals surface area contributed by atoms with E-state index in [4.69, 9.17) is 4.74 Å². The summed E-state index contributed by atoms with van der Waals surface area (Å²) in [5, 5.41) is 3.20. The van der Waals surface area contributed by atoms with Crippen LogP contribution in [0.1, 0.15) is 25.5 Å². The summed E-state index contributed by atoms with van der Waals surface area (Å²) in [6.45, 7) is 4.12. The molecule has 0 fully saturated rings. The molecule has 0 spiro atoms. The molecular formula is C13H21NO3S. The Morgan fingerprint density at radius 1 is 1.33 bits per heavy atom. The Morgan fingerprint density at radius 2 is 2.00 bits per heavy atom. The molecular weight excluding hydrogens is 250 g/mol. The highest BCUT2D eigenvalue weighted by Crippen LogP contribution is 2.23. The number of hydrogen-bond acceptors (Lipinski definition) is 4. The van der Waals surface area contributed by atoms with E-state index in [0.29, 0.717) is 6.54 Å². The maximum atomic E-state index is 11.4. The number of ether oxygens (including phenoxy) is 1. The fourth-order valence-corrected chi connectivity index (χ4v) is 2.43. The van der Waals surface area contributed by atoms with Crippen molar-refractivity contribution in [2.75, 3.05) is 25.2 Å². The van der Waals surface area contributed by atoms with Crippen LogP contribution in [0.25, 0.3) is 0 Å². The Labute approximate surface area is 109 Å². The van der Waals surface area contributed by atoms with Gasteiger partial charge >= 0.3 is 0 Å². The molecule has 0 aliphatic rings. The molecule has 1 aromatic rings. The Hall–Kier alpha value is -1.07. The molecule has 0 aliphatic heterocycles. The molecule has 0 radical (unpaired) electrons. The number of para-hydroxylation sites is 1. The first kappa shape index (κ1) is 15.0. The molecule has 1 N–H and O–H groups in total. The fourth-order valence-electron chi connectivity index (χ4n) is 1.71. The predicted molar refractivity (Wildman–Crippen MR) is 73.7 cm³/mol. The van der Waals surface area contributed by atoms with Crippen molar-refractivity contribution in [1.82, 2.24) is 5.32 Å². The van der Waals surface area contributed by atoms with Crippen molar-refractivity contribution in [2.24, 2.45) is 0 Å². The first-order valence-corrected chi connectivity index (χ1v) is 7.89. The number of benzene rings is 1. The number of methoxy groups -OCH3 is 1. The summed E-state index contributed by atoms with van der Waals surface area (Å²) in [7, 11) is -1.27. The maximum Gasteiger partial charge on any atom is 0.151 e. The van der Waals surface area contributed by atoms with Crippen LogP contribution < -0.4 is 10.1 Å². The molecule has 1 atom stereocenters. The average molecular weight is 271 g/mol. The van der Waals surface area contributed by atoms with E-state index >= 15 is 0 Å². The highest BCUT2D eigenvalue weighted by atomic mass is 32.2. The van der Waals surface area contributed by atoms with Crippen molar-refractivity contribution in [3.8, 4) is 5.75 Å². The van der Waals surface area contributed by atoms with Gasteiger partial charge in [0.15, 0.2) is 9.84 Å². The van der Waals surface area contributed by atoms with Gasteiger partial charge in [-0.2, -0.15) is 0 Å². The van der Waals surface area contributed by atoms with Crippen LogP contribution in [0.15, 0.2) is 24.3 Å². The van der Waals surface area contributed by atoms with Crippen LogP contribution in [0.4, 0.5) is 0 Å². The van der Waals surface area contributed by atoms with Crippen LogP contribution in [0.5, 0.6) is 5.75 Å². The van der Waals surface area contributed by atoms with Crippen molar-refractivity contribution < 1.29 is 13.2 Å². The molecule has 0 aromatic heterocycles. The predicted octanol–water partition coefficient (Wildman–Crippen LogP) is 1.78. The van der Waals surface area contributed by atoms with Crippen molar-refractivity contribution >= 4 is 9.84 Å². The SMILES string of the molecule is CCS(=O)(=O)CCN[C@H](C)c1ccccc1OC. The average Bonchev–Trinajstić information content (AvgIpc) is 2.38.